The fourth-order valence-electron chi connectivity index (χ4n) is 1.89. The Morgan fingerprint density at radius 2 is 1.27 bits per heavy atom. The van der Waals surface area contributed by atoms with Crippen LogP contribution in [0.3, 0.4) is 0 Å². The second kappa shape index (κ2) is 7.58. The maximum absolute atomic E-state index is 13.1. The molecular formula is C16H16F2O3S. The Hall–Kier alpha value is -1.63. The fourth-order valence-corrected chi connectivity index (χ4v) is 2.63. The molecule has 0 aliphatic rings. The summed E-state index contributed by atoms with van der Waals surface area (Å²) in [6, 6.07) is 11.7. The van der Waals surface area contributed by atoms with E-state index in [9.17, 15) is 13.0 Å². The minimum absolute atomic E-state index is 0.396. The molecule has 2 rings (SSSR count). The van der Waals surface area contributed by atoms with Crippen molar-refractivity contribution in [3.8, 4) is 0 Å². The van der Waals surface area contributed by atoms with Gasteiger partial charge in [-0.3, -0.25) is 8.37 Å². The first kappa shape index (κ1) is 16.7. The highest BCUT2D eigenvalue weighted by Gasteiger charge is 2.16. The molecule has 0 bridgehead atoms. The summed E-state index contributed by atoms with van der Waals surface area (Å²) < 4.78 is 48.5. The van der Waals surface area contributed by atoms with E-state index in [0.717, 1.165) is 0 Å². The quantitative estimate of drug-likeness (QED) is 0.789. The zero-order chi connectivity index (χ0) is 16.1. The van der Waals surface area contributed by atoms with E-state index in [1.165, 1.54) is 24.3 Å². The van der Waals surface area contributed by atoms with E-state index in [2.05, 4.69) is 0 Å². The van der Waals surface area contributed by atoms with Gasteiger partial charge in [-0.1, -0.05) is 24.3 Å². The monoisotopic (exact) mass is 326 g/mol. The fraction of sp³-hybridized carbons (Fsp3) is 0.250. The highest BCUT2D eigenvalue weighted by Crippen LogP contribution is 2.23. The van der Waals surface area contributed by atoms with Gasteiger partial charge in [0.25, 0.3) is 0 Å². The van der Waals surface area contributed by atoms with E-state index in [4.69, 9.17) is 8.37 Å². The number of rotatable bonds is 6. The first-order valence-electron chi connectivity index (χ1n) is 6.72. The van der Waals surface area contributed by atoms with Crippen molar-refractivity contribution in [2.24, 2.45) is 0 Å². The summed E-state index contributed by atoms with van der Waals surface area (Å²) in [6.45, 7) is 3.28. The average molecular weight is 326 g/mol. The second-order valence-corrected chi connectivity index (χ2v) is 5.58. The lowest BCUT2D eigenvalue weighted by atomic mass is 10.1. The van der Waals surface area contributed by atoms with Crippen LogP contribution in [0.5, 0.6) is 0 Å². The van der Waals surface area contributed by atoms with E-state index < -0.39 is 35.2 Å². The smallest absolute Gasteiger partial charge is 0.261 e. The molecule has 118 valence electrons. The second-order valence-electron chi connectivity index (χ2n) is 4.79. The molecule has 0 aromatic heterocycles. The van der Waals surface area contributed by atoms with Crippen molar-refractivity contribution in [1.29, 1.82) is 0 Å². The molecule has 0 radical (unpaired) electrons. The van der Waals surface area contributed by atoms with Crippen LogP contribution in [-0.2, 0) is 19.7 Å². The number of benzene rings is 2. The van der Waals surface area contributed by atoms with E-state index in [1.54, 1.807) is 38.1 Å². The molecule has 2 aromatic carbocycles. The molecule has 0 fully saturated rings. The van der Waals surface area contributed by atoms with Crippen molar-refractivity contribution < 1.29 is 21.4 Å². The van der Waals surface area contributed by atoms with E-state index in [0.29, 0.717) is 11.1 Å². The molecular weight excluding hydrogens is 310 g/mol. The largest absolute Gasteiger partial charge is 0.305 e. The SMILES string of the molecule is CC(OS(=O)OC(C)c1cccc(F)c1)c1cccc(F)c1. The molecule has 0 saturated carbocycles. The van der Waals surface area contributed by atoms with Crippen molar-refractivity contribution in [3.63, 3.8) is 0 Å². The summed E-state index contributed by atoms with van der Waals surface area (Å²) >= 11 is -2.04. The lowest BCUT2D eigenvalue weighted by Crippen LogP contribution is -2.09. The van der Waals surface area contributed by atoms with E-state index in [-0.39, 0.29) is 0 Å². The predicted molar refractivity (Wildman–Crippen MR) is 79.9 cm³/mol. The first-order chi connectivity index (χ1) is 10.5. The number of hydrogen-bond donors (Lipinski definition) is 0. The van der Waals surface area contributed by atoms with Crippen LogP contribution in [0, 0.1) is 11.6 Å². The van der Waals surface area contributed by atoms with Gasteiger partial charge in [0.1, 0.15) is 11.6 Å². The van der Waals surface area contributed by atoms with Gasteiger partial charge in [0, 0.05) is 0 Å². The molecule has 22 heavy (non-hydrogen) atoms. The Balaban J connectivity index is 1.95. The van der Waals surface area contributed by atoms with Crippen LogP contribution in [0.1, 0.15) is 37.2 Å². The molecule has 2 atom stereocenters. The first-order valence-corrected chi connectivity index (χ1v) is 7.72. The third-order valence-corrected chi connectivity index (χ3v) is 3.97. The van der Waals surface area contributed by atoms with Crippen LogP contribution < -0.4 is 0 Å². The molecule has 0 aliphatic heterocycles. The zero-order valence-electron chi connectivity index (χ0n) is 12.2. The summed E-state index contributed by atoms with van der Waals surface area (Å²) in [5, 5.41) is 0. The van der Waals surface area contributed by atoms with Crippen molar-refractivity contribution in [2.45, 2.75) is 26.1 Å². The van der Waals surface area contributed by atoms with Gasteiger partial charge in [-0.2, -0.15) is 4.21 Å². The molecule has 2 unspecified atom stereocenters. The van der Waals surface area contributed by atoms with Gasteiger partial charge in [-0.25, -0.2) is 8.78 Å². The Morgan fingerprint density at radius 3 is 1.64 bits per heavy atom. The van der Waals surface area contributed by atoms with Crippen LogP contribution in [0.15, 0.2) is 48.5 Å². The van der Waals surface area contributed by atoms with Crippen LogP contribution in [0.25, 0.3) is 0 Å². The zero-order valence-corrected chi connectivity index (χ0v) is 13.0. The topological polar surface area (TPSA) is 35.5 Å². The van der Waals surface area contributed by atoms with Crippen LogP contribution in [0.2, 0.25) is 0 Å². The minimum Gasteiger partial charge on any atom is -0.261 e. The van der Waals surface area contributed by atoms with Crippen LogP contribution >= 0.6 is 0 Å². The third-order valence-electron chi connectivity index (χ3n) is 3.08. The van der Waals surface area contributed by atoms with Gasteiger partial charge in [0.05, 0.1) is 12.2 Å². The van der Waals surface area contributed by atoms with Crippen molar-refractivity contribution in [1.82, 2.24) is 0 Å². The Labute approximate surface area is 130 Å². The predicted octanol–water partition coefficient (Wildman–Crippen LogP) is 4.40. The molecule has 3 nitrogen and oxygen atoms in total. The van der Waals surface area contributed by atoms with E-state index in [1.807, 2.05) is 0 Å². The number of halogens is 2. The van der Waals surface area contributed by atoms with Crippen LogP contribution in [0.4, 0.5) is 8.78 Å². The standard InChI is InChI=1S/C16H16F2O3S/c1-11(13-5-3-7-15(17)9-13)20-22(19)21-12(2)14-6-4-8-16(18)10-14/h3-12H,1-2H3. The van der Waals surface area contributed by atoms with E-state index >= 15 is 0 Å². The molecule has 0 saturated heterocycles. The lowest BCUT2D eigenvalue weighted by Gasteiger charge is -2.15. The molecule has 0 heterocycles. The molecule has 2 aromatic rings. The molecule has 0 spiro atoms. The molecule has 0 aliphatic carbocycles. The van der Waals surface area contributed by atoms with Gasteiger partial charge in [-0.15, -0.1) is 0 Å². The van der Waals surface area contributed by atoms with Gasteiger partial charge >= 0.3 is 11.4 Å². The summed E-state index contributed by atoms with van der Waals surface area (Å²) in [4.78, 5) is 0. The normalized spacial score (nSPS) is 15.3. The Morgan fingerprint density at radius 1 is 0.864 bits per heavy atom. The minimum atomic E-state index is -2.04. The highest BCUT2D eigenvalue weighted by atomic mass is 32.2. The molecule has 0 N–H and O–H groups in total. The van der Waals surface area contributed by atoms with Gasteiger partial charge in [0.15, 0.2) is 0 Å². The summed E-state index contributed by atoms with van der Waals surface area (Å²) in [6.07, 6.45) is -1.20. The lowest BCUT2D eigenvalue weighted by molar-refractivity contribution is 0.165. The maximum atomic E-state index is 13.1. The number of hydrogen-bond acceptors (Lipinski definition) is 3. The maximum Gasteiger partial charge on any atom is 0.305 e. The Bertz CT molecular complexity index is 608. The summed E-state index contributed by atoms with van der Waals surface area (Å²) in [7, 11) is 0. The van der Waals surface area contributed by atoms with Crippen molar-refractivity contribution in [2.75, 3.05) is 0 Å². The Kier molecular flexibility index (Phi) is 5.76. The average Bonchev–Trinajstić information content (AvgIpc) is 2.47. The highest BCUT2D eigenvalue weighted by molar-refractivity contribution is 7.75. The molecule has 6 heteroatoms. The van der Waals surface area contributed by atoms with Crippen molar-refractivity contribution in [3.05, 3.63) is 71.3 Å². The summed E-state index contributed by atoms with van der Waals surface area (Å²) in [5.74, 6) is -0.791. The van der Waals surface area contributed by atoms with Gasteiger partial charge < -0.3 is 0 Å². The van der Waals surface area contributed by atoms with Gasteiger partial charge in [-0.05, 0) is 49.2 Å². The summed E-state index contributed by atoms with van der Waals surface area (Å²) in [5.41, 5.74) is 1.10. The third kappa shape index (κ3) is 4.69. The molecule has 0 amide bonds. The van der Waals surface area contributed by atoms with Gasteiger partial charge in [0.2, 0.25) is 0 Å². The van der Waals surface area contributed by atoms with Crippen LogP contribution in [-0.4, -0.2) is 4.21 Å². The van der Waals surface area contributed by atoms with Crippen molar-refractivity contribution >= 4 is 11.4 Å².